The fraction of sp³-hybridized carbons (Fsp3) is 0.550. The van der Waals surface area contributed by atoms with Crippen molar-refractivity contribution in [2.24, 2.45) is 4.99 Å². The highest BCUT2D eigenvalue weighted by atomic mass is 127. The lowest BCUT2D eigenvalue weighted by molar-refractivity contribution is 0.366. The summed E-state index contributed by atoms with van der Waals surface area (Å²) in [5.41, 5.74) is 1.10. The predicted octanol–water partition coefficient (Wildman–Crippen LogP) is 3.79. The number of para-hydroxylation sites is 1. The molecule has 1 aromatic carbocycles. The summed E-state index contributed by atoms with van der Waals surface area (Å²) in [7, 11) is 0. The van der Waals surface area contributed by atoms with Crippen LogP contribution in [0.2, 0.25) is 5.02 Å². The van der Waals surface area contributed by atoms with Gasteiger partial charge in [-0.05, 0) is 19.1 Å². The Kier molecular flexibility index (Phi) is 9.48. The van der Waals surface area contributed by atoms with E-state index in [9.17, 15) is 0 Å². The van der Waals surface area contributed by atoms with Crippen LogP contribution in [0.25, 0.3) is 0 Å². The minimum atomic E-state index is 0. The number of nitrogens with zero attached hydrogens (tertiary/aromatic N) is 5. The van der Waals surface area contributed by atoms with Crippen molar-refractivity contribution in [1.82, 2.24) is 20.4 Å². The summed E-state index contributed by atoms with van der Waals surface area (Å²) in [5, 5.41) is 8.20. The van der Waals surface area contributed by atoms with Crippen molar-refractivity contribution < 1.29 is 4.52 Å². The van der Waals surface area contributed by atoms with Gasteiger partial charge in [-0.3, -0.25) is 4.99 Å². The van der Waals surface area contributed by atoms with Crippen LogP contribution in [-0.2, 0) is 6.42 Å². The highest BCUT2D eigenvalue weighted by molar-refractivity contribution is 14.0. The number of guanidine groups is 1. The first-order chi connectivity index (χ1) is 13.6. The molecule has 1 aromatic heterocycles. The Morgan fingerprint density at radius 2 is 1.97 bits per heavy atom. The average Bonchev–Trinajstić information content (AvgIpc) is 3.17. The summed E-state index contributed by atoms with van der Waals surface area (Å²) in [5.74, 6) is 2.60. The maximum Gasteiger partial charge on any atom is 0.228 e. The van der Waals surface area contributed by atoms with Gasteiger partial charge >= 0.3 is 0 Å². The highest BCUT2D eigenvalue weighted by Gasteiger charge is 2.21. The quantitative estimate of drug-likeness (QED) is 0.347. The Balaban J connectivity index is 0.00000300. The van der Waals surface area contributed by atoms with E-state index in [1.807, 2.05) is 18.2 Å². The molecular formula is C20H30ClIN6O. The zero-order chi connectivity index (χ0) is 19.9. The van der Waals surface area contributed by atoms with Gasteiger partial charge in [-0.2, -0.15) is 4.98 Å². The third-order valence-corrected chi connectivity index (χ3v) is 5.01. The van der Waals surface area contributed by atoms with Crippen LogP contribution in [-0.4, -0.2) is 60.3 Å². The third kappa shape index (κ3) is 6.47. The second kappa shape index (κ2) is 11.6. The number of aliphatic imine (C=N–C) groups is 1. The summed E-state index contributed by atoms with van der Waals surface area (Å²) in [4.78, 5) is 13.8. The molecule has 2 heterocycles. The third-order valence-electron chi connectivity index (χ3n) is 4.69. The van der Waals surface area contributed by atoms with Crippen molar-refractivity contribution in [3.63, 3.8) is 0 Å². The van der Waals surface area contributed by atoms with Crippen LogP contribution < -0.4 is 10.2 Å². The second-order valence-electron chi connectivity index (χ2n) is 7.11. The molecule has 0 amide bonds. The normalized spacial score (nSPS) is 14.9. The molecule has 3 rings (SSSR count). The SMILES string of the molecule is CCNC(=NCCc1nc(C(C)C)no1)N1CCN(c2ccccc2Cl)CC1.I. The number of nitrogens with one attached hydrogen (secondary N) is 1. The van der Waals surface area contributed by atoms with E-state index in [1.54, 1.807) is 0 Å². The number of benzene rings is 1. The van der Waals surface area contributed by atoms with Gasteiger partial charge in [0, 0.05) is 45.1 Å². The molecule has 0 atom stereocenters. The lowest BCUT2D eigenvalue weighted by Crippen LogP contribution is -2.52. The van der Waals surface area contributed by atoms with Crippen molar-refractivity contribution in [3.8, 4) is 0 Å². The number of hydrogen-bond donors (Lipinski definition) is 1. The molecule has 0 spiro atoms. The number of piperazine rings is 1. The lowest BCUT2D eigenvalue weighted by atomic mass is 10.2. The Morgan fingerprint density at radius 3 is 2.59 bits per heavy atom. The molecule has 1 saturated heterocycles. The van der Waals surface area contributed by atoms with Crippen molar-refractivity contribution in [2.45, 2.75) is 33.1 Å². The van der Waals surface area contributed by atoms with Gasteiger partial charge in [-0.15, -0.1) is 24.0 Å². The van der Waals surface area contributed by atoms with Crippen molar-refractivity contribution >= 4 is 47.2 Å². The van der Waals surface area contributed by atoms with E-state index < -0.39 is 0 Å². The minimum Gasteiger partial charge on any atom is -0.367 e. The van der Waals surface area contributed by atoms with Gasteiger partial charge in [0.15, 0.2) is 11.8 Å². The molecule has 1 aliphatic heterocycles. The van der Waals surface area contributed by atoms with E-state index >= 15 is 0 Å². The highest BCUT2D eigenvalue weighted by Crippen LogP contribution is 2.26. The molecule has 29 heavy (non-hydrogen) atoms. The lowest BCUT2D eigenvalue weighted by Gasteiger charge is -2.38. The molecule has 0 unspecified atom stereocenters. The maximum absolute atomic E-state index is 6.34. The molecule has 9 heteroatoms. The van der Waals surface area contributed by atoms with Gasteiger partial charge in [0.05, 0.1) is 17.3 Å². The van der Waals surface area contributed by atoms with E-state index in [0.29, 0.717) is 18.9 Å². The minimum absolute atomic E-state index is 0. The first-order valence-corrected chi connectivity index (χ1v) is 10.3. The van der Waals surface area contributed by atoms with Crippen molar-refractivity contribution in [2.75, 3.05) is 44.2 Å². The maximum atomic E-state index is 6.34. The van der Waals surface area contributed by atoms with Crippen LogP contribution in [0.15, 0.2) is 33.8 Å². The van der Waals surface area contributed by atoms with Gasteiger partial charge < -0.3 is 19.6 Å². The van der Waals surface area contributed by atoms with E-state index in [4.69, 9.17) is 21.1 Å². The van der Waals surface area contributed by atoms with E-state index in [0.717, 1.165) is 55.2 Å². The van der Waals surface area contributed by atoms with Crippen LogP contribution in [0.4, 0.5) is 5.69 Å². The fourth-order valence-corrected chi connectivity index (χ4v) is 3.41. The molecular weight excluding hydrogens is 503 g/mol. The van der Waals surface area contributed by atoms with E-state index in [-0.39, 0.29) is 29.9 Å². The summed E-state index contributed by atoms with van der Waals surface area (Å²) in [6.45, 7) is 11.3. The molecule has 1 N–H and O–H groups in total. The molecule has 0 radical (unpaired) electrons. The first kappa shape index (κ1) is 23.7. The van der Waals surface area contributed by atoms with Crippen LogP contribution >= 0.6 is 35.6 Å². The summed E-state index contributed by atoms with van der Waals surface area (Å²) in [6, 6.07) is 8.01. The van der Waals surface area contributed by atoms with E-state index in [2.05, 4.69) is 52.1 Å². The monoisotopic (exact) mass is 532 g/mol. The average molecular weight is 533 g/mol. The molecule has 0 saturated carbocycles. The Hall–Kier alpha value is -1.55. The molecule has 2 aromatic rings. The van der Waals surface area contributed by atoms with Crippen LogP contribution in [0.3, 0.4) is 0 Å². The zero-order valence-corrected chi connectivity index (χ0v) is 20.4. The summed E-state index contributed by atoms with van der Waals surface area (Å²) < 4.78 is 5.30. The molecule has 0 aliphatic carbocycles. The molecule has 7 nitrogen and oxygen atoms in total. The topological polar surface area (TPSA) is 69.8 Å². The summed E-state index contributed by atoms with van der Waals surface area (Å²) >= 11 is 6.34. The smallest absolute Gasteiger partial charge is 0.228 e. The first-order valence-electron chi connectivity index (χ1n) is 9.93. The number of halogens is 2. The van der Waals surface area contributed by atoms with Crippen LogP contribution in [0.1, 0.15) is 38.4 Å². The van der Waals surface area contributed by atoms with E-state index in [1.165, 1.54) is 0 Å². The standard InChI is InChI=1S/C20H29ClN6O.HI/c1-4-22-20(23-10-9-18-24-19(15(2)3)25-28-18)27-13-11-26(12-14-27)17-8-6-5-7-16(17)21;/h5-8,15H,4,9-14H2,1-3H3,(H,22,23);1H. The Labute approximate surface area is 194 Å². The molecule has 0 bridgehead atoms. The fourth-order valence-electron chi connectivity index (χ4n) is 3.15. The van der Waals surface area contributed by atoms with Gasteiger partial charge in [0.2, 0.25) is 5.89 Å². The van der Waals surface area contributed by atoms with Gasteiger partial charge in [0.25, 0.3) is 0 Å². The van der Waals surface area contributed by atoms with Crippen molar-refractivity contribution in [3.05, 3.63) is 41.0 Å². The molecule has 1 fully saturated rings. The predicted molar refractivity (Wildman–Crippen MR) is 129 cm³/mol. The van der Waals surface area contributed by atoms with Gasteiger partial charge in [-0.1, -0.05) is 42.7 Å². The van der Waals surface area contributed by atoms with Crippen molar-refractivity contribution in [1.29, 1.82) is 0 Å². The zero-order valence-electron chi connectivity index (χ0n) is 17.3. The molecule has 1 aliphatic rings. The number of rotatable bonds is 6. The van der Waals surface area contributed by atoms with Gasteiger partial charge in [0.1, 0.15) is 0 Å². The largest absolute Gasteiger partial charge is 0.367 e. The number of aromatic nitrogens is 2. The van der Waals surface area contributed by atoms with Crippen LogP contribution in [0, 0.1) is 0 Å². The Morgan fingerprint density at radius 1 is 1.24 bits per heavy atom. The summed E-state index contributed by atoms with van der Waals surface area (Å²) in [6.07, 6.45) is 0.647. The second-order valence-corrected chi connectivity index (χ2v) is 7.52. The number of hydrogen-bond acceptors (Lipinski definition) is 5. The number of anilines is 1. The van der Waals surface area contributed by atoms with Gasteiger partial charge in [-0.25, -0.2) is 0 Å². The van der Waals surface area contributed by atoms with Crippen LogP contribution in [0.5, 0.6) is 0 Å². The molecule has 160 valence electrons. The Bertz CT molecular complexity index is 789.